The van der Waals surface area contributed by atoms with E-state index in [0.29, 0.717) is 23.7 Å². The minimum absolute atomic E-state index is 0.528. The molecule has 0 unspecified atom stereocenters. The number of nitrogens with zero attached hydrogens (tertiary/aromatic N) is 2. The van der Waals surface area contributed by atoms with E-state index >= 15 is 0 Å². The third kappa shape index (κ3) is 4.52. The number of benzene rings is 2. The van der Waals surface area contributed by atoms with E-state index in [2.05, 4.69) is 110 Å². The summed E-state index contributed by atoms with van der Waals surface area (Å²) in [4.78, 5) is 0. The molecule has 1 aliphatic rings. The third-order valence-corrected chi connectivity index (χ3v) is 9.10. The molecule has 2 nitrogen and oxygen atoms in total. The van der Waals surface area contributed by atoms with Gasteiger partial charge in [-0.05, 0) is 0 Å². The van der Waals surface area contributed by atoms with Crippen molar-refractivity contribution in [1.82, 2.24) is 0 Å². The van der Waals surface area contributed by atoms with Crippen LogP contribution in [0, 0.1) is 0 Å². The fourth-order valence-electron chi connectivity index (χ4n) is 4.14. The molecule has 0 bridgehead atoms. The van der Waals surface area contributed by atoms with E-state index in [9.17, 15) is 0 Å². The van der Waals surface area contributed by atoms with Crippen LogP contribution in [0.5, 0.6) is 0 Å². The quantitative estimate of drug-likeness (QED) is 0.383. The summed E-state index contributed by atoms with van der Waals surface area (Å²) in [5.74, 6) is 2.11. The van der Waals surface area contributed by atoms with Crippen LogP contribution in [0.25, 0.3) is 0 Å². The molecule has 1 aliphatic heterocycles. The van der Waals surface area contributed by atoms with Crippen LogP contribution < -0.4 is 6.24 Å². The van der Waals surface area contributed by atoms with Crippen LogP contribution in [0.3, 0.4) is 0 Å². The van der Waals surface area contributed by atoms with Crippen LogP contribution in [0.1, 0.15) is 101 Å². The zero-order chi connectivity index (χ0) is 21.3. The van der Waals surface area contributed by atoms with E-state index in [-0.39, 0.29) is 0 Å². The zero-order valence-electron chi connectivity index (χ0n) is 19.3. The van der Waals surface area contributed by atoms with E-state index in [0.717, 1.165) is 0 Å². The van der Waals surface area contributed by atoms with Crippen molar-refractivity contribution >= 4 is 33.1 Å². The average molecular weight is 495 g/mol. The summed E-state index contributed by atoms with van der Waals surface area (Å²) >= 11 is -1.03. The Morgan fingerprint density at radius 3 is 1.03 bits per heavy atom. The Morgan fingerprint density at radius 2 is 0.793 bits per heavy atom. The number of anilines is 2. The van der Waals surface area contributed by atoms with Crippen LogP contribution in [0.15, 0.2) is 48.8 Å². The van der Waals surface area contributed by atoms with E-state index in [1.807, 2.05) is 0 Å². The van der Waals surface area contributed by atoms with Gasteiger partial charge in [0, 0.05) is 0 Å². The van der Waals surface area contributed by atoms with Gasteiger partial charge in [0.05, 0.1) is 0 Å². The van der Waals surface area contributed by atoms with Gasteiger partial charge in [0.15, 0.2) is 0 Å². The van der Waals surface area contributed by atoms with Gasteiger partial charge in [-0.15, -0.1) is 0 Å². The standard InChI is InChI=1S/C26H36N2.Sn/c1-17(2)21-11-9-12-22(18(3)4)25(21)27-15-16-28-26-23(19(5)6)13-10-14-24(26)20(7)8;/h9-20H,1-8H3;/q-2;+2. The van der Waals surface area contributed by atoms with Gasteiger partial charge in [-0.25, -0.2) is 0 Å². The van der Waals surface area contributed by atoms with E-state index in [1.165, 1.54) is 33.6 Å². The molecule has 1 heterocycles. The molecule has 3 heteroatoms. The normalized spacial score (nSPS) is 14.3. The van der Waals surface area contributed by atoms with Crippen molar-refractivity contribution in [3.05, 3.63) is 71.1 Å². The molecule has 0 amide bonds. The van der Waals surface area contributed by atoms with E-state index in [4.69, 9.17) is 0 Å². The Kier molecular flexibility index (Phi) is 7.03. The maximum atomic E-state index is 2.62. The van der Waals surface area contributed by atoms with Gasteiger partial charge >= 0.3 is 189 Å². The van der Waals surface area contributed by atoms with Crippen LogP contribution in [-0.4, -0.2) is 21.7 Å². The Labute approximate surface area is 188 Å². The molecule has 2 radical (unpaired) electrons. The Bertz CT molecular complexity index is 756. The number of hydrogen-bond donors (Lipinski definition) is 0. The second-order valence-electron chi connectivity index (χ2n) is 9.33. The predicted molar refractivity (Wildman–Crippen MR) is 129 cm³/mol. The monoisotopic (exact) mass is 496 g/mol. The van der Waals surface area contributed by atoms with Gasteiger partial charge in [0.1, 0.15) is 0 Å². The minimum atomic E-state index is -1.03. The molecule has 0 fully saturated rings. The summed E-state index contributed by atoms with van der Waals surface area (Å²) in [6.07, 6.45) is 4.70. The van der Waals surface area contributed by atoms with Gasteiger partial charge in [-0.3, -0.25) is 0 Å². The molecular weight excluding hydrogens is 459 g/mol. The van der Waals surface area contributed by atoms with Crippen molar-refractivity contribution in [2.45, 2.75) is 79.1 Å². The van der Waals surface area contributed by atoms with Crippen molar-refractivity contribution < 1.29 is 0 Å². The molecule has 2 aromatic carbocycles. The van der Waals surface area contributed by atoms with Crippen molar-refractivity contribution in [2.75, 3.05) is 6.24 Å². The summed E-state index contributed by atoms with van der Waals surface area (Å²) in [7, 11) is 0. The molecule has 0 N–H and O–H groups in total. The van der Waals surface area contributed by atoms with E-state index < -0.39 is 21.7 Å². The average Bonchev–Trinajstić information content (AvgIpc) is 3.15. The molecule has 0 spiro atoms. The number of rotatable bonds is 6. The van der Waals surface area contributed by atoms with Crippen LogP contribution in [0.4, 0.5) is 11.4 Å². The summed E-state index contributed by atoms with van der Waals surface area (Å²) in [5, 5.41) is 0. The van der Waals surface area contributed by atoms with E-state index in [1.54, 1.807) is 0 Å². The zero-order valence-corrected chi connectivity index (χ0v) is 22.2. The fourth-order valence-corrected chi connectivity index (χ4v) is 7.61. The van der Waals surface area contributed by atoms with Gasteiger partial charge in [0.2, 0.25) is 0 Å². The SMILES string of the molecule is CC(C)c1cccc(C(C)C)c1[N]1C=C[N](c2c(C(C)C)cccc2C(C)C)[Sn]1. The maximum absolute atomic E-state index is 2.62. The molecule has 0 aliphatic carbocycles. The van der Waals surface area contributed by atoms with Crippen LogP contribution in [0.2, 0.25) is 0 Å². The Balaban J connectivity index is 2.05. The molecule has 154 valence electrons. The first-order valence-corrected chi connectivity index (χ1v) is 13.6. The fraction of sp³-hybridized carbons (Fsp3) is 0.462. The second-order valence-corrected chi connectivity index (χ2v) is 12.6. The summed E-state index contributed by atoms with van der Waals surface area (Å²) in [6.45, 7) is 18.5. The molecule has 0 atom stereocenters. The van der Waals surface area contributed by atoms with Crippen LogP contribution >= 0.6 is 0 Å². The first-order valence-electron chi connectivity index (χ1n) is 11.0. The summed E-state index contributed by atoms with van der Waals surface area (Å²) in [5.41, 5.74) is 8.84. The topological polar surface area (TPSA) is 6.48 Å². The van der Waals surface area contributed by atoms with Crippen molar-refractivity contribution in [2.24, 2.45) is 0 Å². The molecule has 3 rings (SSSR count). The Morgan fingerprint density at radius 1 is 0.517 bits per heavy atom. The summed E-state index contributed by atoms with van der Waals surface area (Å²) in [6, 6.07) is 13.8. The Hall–Kier alpha value is -1.42. The van der Waals surface area contributed by atoms with Crippen LogP contribution in [-0.2, 0) is 0 Å². The van der Waals surface area contributed by atoms with Crippen molar-refractivity contribution in [1.29, 1.82) is 0 Å². The van der Waals surface area contributed by atoms with Gasteiger partial charge in [-0.1, -0.05) is 0 Å². The molecular formula is C26H36N2Sn. The second kappa shape index (κ2) is 9.16. The predicted octanol–water partition coefficient (Wildman–Crippen LogP) is 7.51. The number of hydrogen-bond acceptors (Lipinski definition) is 2. The van der Waals surface area contributed by atoms with Crippen molar-refractivity contribution in [3.8, 4) is 0 Å². The number of para-hydroxylation sites is 2. The molecule has 29 heavy (non-hydrogen) atoms. The molecule has 2 aromatic rings. The van der Waals surface area contributed by atoms with Gasteiger partial charge in [0.25, 0.3) is 0 Å². The van der Waals surface area contributed by atoms with Gasteiger partial charge < -0.3 is 0 Å². The van der Waals surface area contributed by atoms with Gasteiger partial charge in [-0.2, -0.15) is 0 Å². The third-order valence-electron chi connectivity index (χ3n) is 5.75. The van der Waals surface area contributed by atoms with Crippen molar-refractivity contribution in [3.63, 3.8) is 0 Å². The first-order chi connectivity index (χ1) is 13.7. The first kappa shape index (κ1) is 22.3. The molecule has 0 saturated heterocycles. The summed E-state index contributed by atoms with van der Waals surface area (Å²) < 4.78 is 5.24. The molecule has 0 saturated carbocycles. The molecule has 0 aromatic heterocycles.